The molecular formula is C27H33F6N3O5. The number of nitrogens with zero attached hydrogens (tertiary/aromatic N) is 3. The Morgan fingerprint density at radius 1 is 0.902 bits per heavy atom. The maximum Gasteiger partial charge on any atom is 0.490 e. The van der Waals surface area contributed by atoms with E-state index in [1.54, 1.807) is 0 Å². The Bertz CT molecular complexity index is 1050. The third-order valence-corrected chi connectivity index (χ3v) is 6.97. The number of rotatable bonds is 6. The Kier molecular flexibility index (Phi) is 12.5. The Balaban J connectivity index is 0.000000349. The Labute approximate surface area is 233 Å². The van der Waals surface area contributed by atoms with Gasteiger partial charge in [-0.25, -0.2) is 9.59 Å². The molecule has 0 amide bonds. The van der Waals surface area contributed by atoms with Crippen LogP contribution in [0.1, 0.15) is 24.0 Å². The van der Waals surface area contributed by atoms with Gasteiger partial charge in [0.1, 0.15) is 0 Å². The Morgan fingerprint density at radius 2 is 1.41 bits per heavy atom. The molecule has 2 aliphatic rings. The average Bonchev–Trinajstić information content (AvgIpc) is 3.22. The number of piperidine rings is 1. The van der Waals surface area contributed by atoms with E-state index in [0.29, 0.717) is 11.3 Å². The van der Waals surface area contributed by atoms with Crippen LogP contribution in [0, 0.1) is 11.3 Å². The number of likely N-dealkylation sites (tertiary alicyclic amines) is 2. The van der Waals surface area contributed by atoms with Crippen molar-refractivity contribution in [2.24, 2.45) is 11.3 Å². The van der Waals surface area contributed by atoms with E-state index < -0.39 is 24.3 Å². The number of methoxy groups -OCH3 is 1. The molecule has 2 N–H and O–H groups in total. The summed E-state index contributed by atoms with van der Waals surface area (Å²) < 4.78 is 69.1. The Hall–Kier alpha value is -3.23. The molecule has 1 atom stereocenters. The quantitative estimate of drug-likeness (QED) is 0.465. The molecule has 2 aromatic rings. The van der Waals surface area contributed by atoms with E-state index in [1.165, 1.54) is 43.6 Å². The number of halogens is 6. The van der Waals surface area contributed by atoms with Gasteiger partial charge in [-0.2, -0.15) is 26.3 Å². The van der Waals surface area contributed by atoms with Crippen LogP contribution >= 0.6 is 0 Å². The molecule has 3 heterocycles. The van der Waals surface area contributed by atoms with Crippen LogP contribution in [0.15, 0.2) is 54.9 Å². The highest BCUT2D eigenvalue weighted by Crippen LogP contribution is 2.45. The van der Waals surface area contributed by atoms with Crippen LogP contribution in [0.2, 0.25) is 0 Å². The second-order valence-corrected chi connectivity index (χ2v) is 9.91. The van der Waals surface area contributed by atoms with Gasteiger partial charge in [0.2, 0.25) is 0 Å². The monoisotopic (exact) mass is 593 g/mol. The highest BCUT2D eigenvalue weighted by molar-refractivity contribution is 5.73. The molecule has 2 aliphatic heterocycles. The van der Waals surface area contributed by atoms with Crippen LogP contribution in [0.5, 0.6) is 0 Å². The number of alkyl halides is 6. The summed E-state index contributed by atoms with van der Waals surface area (Å²) >= 11 is 0. The molecule has 2 saturated heterocycles. The first kappa shape index (κ1) is 34.0. The molecule has 41 heavy (non-hydrogen) atoms. The van der Waals surface area contributed by atoms with Gasteiger partial charge in [-0.05, 0) is 48.5 Å². The number of pyridine rings is 1. The van der Waals surface area contributed by atoms with Gasteiger partial charge < -0.3 is 14.9 Å². The van der Waals surface area contributed by atoms with E-state index in [-0.39, 0.29) is 0 Å². The zero-order valence-corrected chi connectivity index (χ0v) is 22.4. The van der Waals surface area contributed by atoms with E-state index in [0.717, 1.165) is 26.2 Å². The van der Waals surface area contributed by atoms with Crippen molar-refractivity contribution in [3.05, 3.63) is 66.0 Å². The summed E-state index contributed by atoms with van der Waals surface area (Å²) in [4.78, 5) is 27.3. The van der Waals surface area contributed by atoms with Gasteiger partial charge in [-0.1, -0.05) is 36.4 Å². The smallest absolute Gasteiger partial charge is 0.475 e. The zero-order chi connectivity index (χ0) is 30.7. The van der Waals surface area contributed by atoms with Gasteiger partial charge >= 0.3 is 24.3 Å². The van der Waals surface area contributed by atoms with E-state index in [4.69, 9.17) is 24.5 Å². The lowest BCUT2D eigenvalue weighted by Crippen LogP contribution is -2.44. The summed E-state index contributed by atoms with van der Waals surface area (Å²) in [5.74, 6) is -4.88. The lowest BCUT2D eigenvalue weighted by molar-refractivity contribution is -0.193. The maximum atomic E-state index is 10.6. The van der Waals surface area contributed by atoms with Gasteiger partial charge in [0, 0.05) is 51.6 Å². The molecule has 1 aromatic carbocycles. The number of hydrogen-bond acceptors (Lipinski definition) is 6. The predicted octanol–water partition coefficient (Wildman–Crippen LogP) is 4.71. The summed E-state index contributed by atoms with van der Waals surface area (Å²) in [5.41, 5.74) is 3.14. The van der Waals surface area contributed by atoms with Crippen molar-refractivity contribution in [2.45, 2.75) is 38.3 Å². The first-order chi connectivity index (χ1) is 19.2. The normalized spacial score (nSPS) is 19.0. The number of benzene rings is 1. The molecule has 1 aromatic heterocycles. The van der Waals surface area contributed by atoms with E-state index >= 15 is 0 Å². The van der Waals surface area contributed by atoms with E-state index in [9.17, 15) is 26.3 Å². The lowest BCUT2D eigenvalue weighted by atomic mass is 9.71. The van der Waals surface area contributed by atoms with Crippen molar-refractivity contribution in [3.63, 3.8) is 0 Å². The van der Waals surface area contributed by atoms with Gasteiger partial charge in [-0.15, -0.1) is 0 Å². The van der Waals surface area contributed by atoms with E-state index in [2.05, 4.69) is 51.2 Å². The fourth-order valence-corrected chi connectivity index (χ4v) is 5.01. The standard InChI is InChI=1S/C23H31N3O.2C2HF3O2/c1-27-18-22-17-26(16-21-8-5-11-24-14-21)19-23(22)9-12-25(13-10-23)15-20-6-3-2-4-7-20;2*3-2(4,5)1(6)7/h2-8,11,14,22H,9-10,12-13,15-19H2,1H3;2*(H,6,7). The number of carboxylic acid groups (broad SMARTS) is 2. The van der Waals surface area contributed by atoms with Gasteiger partial charge in [0.05, 0.1) is 6.61 Å². The minimum Gasteiger partial charge on any atom is -0.475 e. The van der Waals surface area contributed by atoms with Crippen molar-refractivity contribution in [3.8, 4) is 0 Å². The molecular weight excluding hydrogens is 560 g/mol. The summed E-state index contributed by atoms with van der Waals surface area (Å²) in [7, 11) is 1.85. The highest BCUT2D eigenvalue weighted by atomic mass is 19.4. The highest BCUT2D eigenvalue weighted by Gasteiger charge is 2.47. The summed E-state index contributed by atoms with van der Waals surface area (Å²) in [6, 6.07) is 15.1. The van der Waals surface area contributed by atoms with Crippen LogP contribution < -0.4 is 0 Å². The zero-order valence-electron chi connectivity index (χ0n) is 22.4. The van der Waals surface area contributed by atoms with Gasteiger partial charge in [-0.3, -0.25) is 14.8 Å². The number of carbonyl (C=O) groups is 2. The van der Waals surface area contributed by atoms with E-state index in [1.807, 2.05) is 25.6 Å². The minimum absolute atomic E-state index is 0.408. The third kappa shape index (κ3) is 11.3. The minimum atomic E-state index is -5.08. The summed E-state index contributed by atoms with van der Waals surface area (Å²) in [6.45, 7) is 7.67. The van der Waals surface area contributed by atoms with Crippen LogP contribution in [0.4, 0.5) is 26.3 Å². The number of hydrogen-bond donors (Lipinski definition) is 2. The van der Waals surface area contributed by atoms with Crippen LogP contribution in [0.25, 0.3) is 0 Å². The van der Waals surface area contributed by atoms with Crippen molar-refractivity contribution >= 4 is 11.9 Å². The number of aliphatic carboxylic acids is 2. The molecule has 8 nitrogen and oxygen atoms in total. The molecule has 0 radical (unpaired) electrons. The van der Waals surface area contributed by atoms with Crippen molar-refractivity contribution in [1.82, 2.24) is 14.8 Å². The fourth-order valence-electron chi connectivity index (χ4n) is 5.01. The topological polar surface area (TPSA) is 103 Å². The molecule has 0 bridgehead atoms. The molecule has 0 saturated carbocycles. The van der Waals surface area contributed by atoms with Gasteiger partial charge in [0.15, 0.2) is 0 Å². The first-order valence-corrected chi connectivity index (χ1v) is 12.6. The number of carboxylic acids is 2. The second kappa shape index (κ2) is 15.1. The molecule has 2 fully saturated rings. The maximum absolute atomic E-state index is 10.6. The third-order valence-electron chi connectivity index (χ3n) is 6.97. The van der Waals surface area contributed by atoms with Gasteiger partial charge in [0.25, 0.3) is 0 Å². The number of ether oxygens (including phenoxy) is 1. The van der Waals surface area contributed by atoms with Crippen molar-refractivity contribution < 1.29 is 50.9 Å². The Morgan fingerprint density at radius 3 is 1.88 bits per heavy atom. The SMILES string of the molecule is COCC1CN(Cc2cccnc2)CC12CCN(Cc1ccccc1)CC2.O=C(O)C(F)(F)F.O=C(O)C(F)(F)F. The second-order valence-electron chi connectivity index (χ2n) is 9.91. The molecule has 228 valence electrons. The molecule has 4 rings (SSSR count). The first-order valence-electron chi connectivity index (χ1n) is 12.6. The van der Waals surface area contributed by atoms with Crippen molar-refractivity contribution in [2.75, 3.05) is 39.9 Å². The fraction of sp³-hybridized carbons (Fsp3) is 0.519. The van der Waals surface area contributed by atoms with Crippen LogP contribution in [-0.4, -0.2) is 89.2 Å². The van der Waals surface area contributed by atoms with Crippen LogP contribution in [0.3, 0.4) is 0 Å². The number of aromatic nitrogens is 1. The van der Waals surface area contributed by atoms with Crippen molar-refractivity contribution in [1.29, 1.82) is 0 Å². The molecule has 14 heteroatoms. The largest absolute Gasteiger partial charge is 0.490 e. The molecule has 1 unspecified atom stereocenters. The summed E-state index contributed by atoms with van der Waals surface area (Å²) in [5, 5.41) is 14.2. The lowest BCUT2D eigenvalue weighted by Gasteiger charge is -2.42. The average molecular weight is 594 g/mol. The predicted molar refractivity (Wildman–Crippen MR) is 136 cm³/mol. The molecule has 1 spiro atoms. The van der Waals surface area contributed by atoms with Crippen LogP contribution in [-0.2, 0) is 27.4 Å². The molecule has 0 aliphatic carbocycles. The summed E-state index contributed by atoms with van der Waals surface area (Å²) in [6.07, 6.45) is -3.77.